The molecule has 1 amide bonds. The minimum atomic E-state index is -4.12. The first-order valence-electron chi connectivity index (χ1n) is 16.1. The normalized spacial score (nSPS) is 20.7. The third kappa shape index (κ3) is 9.32. The molecule has 1 aromatic heterocycles. The van der Waals surface area contributed by atoms with Gasteiger partial charge < -0.3 is 24.0 Å². The fraction of sp³-hybridized carbons (Fsp3) is 0.515. The second kappa shape index (κ2) is 16.2. The van der Waals surface area contributed by atoms with Gasteiger partial charge in [-0.2, -0.15) is 4.31 Å². The molecule has 0 bridgehead atoms. The number of amides is 1. The third-order valence-electron chi connectivity index (χ3n) is 8.50. The molecule has 16 heteroatoms. The number of anilines is 1. The van der Waals surface area contributed by atoms with Gasteiger partial charge in [0, 0.05) is 43.4 Å². The minimum absolute atomic E-state index is 0.00535. The van der Waals surface area contributed by atoms with Gasteiger partial charge in [-0.1, -0.05) is 23.7 Å². The summed E-state index contributed by atoms with van der Waals surface area (Å²) in [6.45, 7) is 8.54. The summed E-state index contributed by atoms with van der Waals surface area (Å²) >= 11 is 5.98. The summed E-state index contributed by atoms with van der Waals surface area (Å²) < 4.78 is 74.8. The Labute approximate surface area is 293 Å². The van der Waals surface area contributed by atoms with Crippen molar-refractivity contribution in [2.45, 2.75) is 81.9 Å². The molecule has 2 aromatic carbocycles. The maximum absolute atomic E-state index is 14.4. The van der Waals surface area contributed by atoms with Gasteiger partial charge in [0.05, 0.1) is 35.3 Å². The Hall–Kier alpha value is -3.21. The molecule has 270 valence electrons. The predicted octanol–water partition coefficient (Wildman–Crippen LogP) is 4.86. The second-order valence-corrected chi connectivity index (χ2v) is 16.6. The monoisotopic (exact) mass is 740 g/mol. The standard InChI is InChI=1S/C33H45ClN4O9S2/c1-21-18-38(22(2)20-39)33(40)29-17-27(36-48(41,42)32-24(4)35-47-25(32)5)12-15-30(29)46-23(3)9-7-8-16-45-31(21)19-37(6)49(43,44)28-13-10-26(34)11-14-28/h10-15,17,21-23,31,36,39H,7-9,16,18-20H2,1-6H3/t21-,22+,23-,31-/m1/s1. The Bertz CT molecular complexity index is 1800. The fourth-order valence-electron chi connectivity index (χ4n) is 5.65. The van der Waals surface area contributed by atoms with Crippen molar-refractivity contribution >= 4 is 43.2 Å². The van der Waals surface area contributed by atoms with Crippen LogP contribution in [-0.4, -0.2) is 93.8 Å². The molecule has 2 N–H and O–H groups in total. The lowest BCUT2D eigenvalue weighted by atomic mass is 10.0. The first-order valence-corrected chi connectivity index (χ1v) is 19.4. The van der Waals surface area contributed by atoms with Crippen molar-refractivity contribution in [3.63, 3.8) is 0 Å². The Morgan fingerprint density at radius 2 is 1.80 bits per heavy atom. The number of fused-ring (bicyclic) bond motifs is 1. The Balaban J connectivity index is 1.69. The van der Waals surface area contributed by atoms with Gasteiger partial charge in [-0.15, -0.1) is 0 Å². The van der Waals surface area contributed by atoms with Crippen LogP contribution in [0.5, 0.6) is 5.75 Å². The predicted molar refractivity (Wildman–Crippen MR) is 185 cm³/mol. The zero-order valence-corrected chi connectivity index (χ0v) is 30.9. The van der Waals surface area contributed by atoms with Crippen molar-refractivity contribution < 1.29 is 40.7 Å². The number of sulfonamides is 2. The van der Waals surface area contributed by atoms with Crippen LogP contribution in [0, 0.1) is 19.8 Å². The van der Waals surface area contributed by atoms with Gasteiger partial charge in [0.15, 0.2) is 10.7 Å². The maximum Gasteiger partial charge on any atom is 0.267 e. The molecule has 13 nitrogen and oxygen atoms in total. The molecule has 3 aromatic rings. The number of nitrogens with zero attached hydrogens (tertiary/aromatic N) is 3. The lowest BCUT2D eigenvalue weighted by molar-refractivity contribution is -0.00833. The lowest BCUT2D eigenvalue weighted by Crippen LogP contribution is -2.48. The van der Waals surface area contributed by atoms with Gasteiger partial charge in [-0.25, -0.2) is 16.8 Å². The van der Waals surface area contributed by atoms with Gasteiger partial charge in [0.2, 0.25) is 10.0 Å². The summed E-state index contributed by atoms with van der Waals surface area (Å²) in [5, 5.41) is 14.4. The molecule has 0 unspecified atom stereocenters. The van der Waals surface area contributed by atoms with E-state index in [1.807, 2.05) is 13.8 Å². The summed E-state index contributed by atoms with van der Waals surface area (Å²) in [5.41, 5.74) is 0.400. The highest BCUT2D eigenvalue weighted by molar-refractivity contribution is 7.92. The number of hydrogen-bond donors (Lipinski definition) is 2. The molecule has 0 radical (unpaired) electrons. The zero-order valence-electron chi connectivity index (χ0n) is 28.5. The number of aromatic nitrogens is 1. The van der Waals surface area contributed by atoms with E-state index in [0.29, 0.717) is 24.5 Å². The van der Waals surface area contributed by atoms with Crippen molar-refractivity contribution in [3.05, 3.63) is 64.5 Å². The molecule has 1 aliphatic heterocycles. The highest BCUT2D eigenvalue weighted by Gasteiger charge is 2.33. The van der Waals surface area contributed by atoms with Crippen molar-refractivity contribution in [2.75, 3.05) is 38.1 Å². The van der Waals surface area contributed by atoms with Gasteiger partial charge in [-0.05, 0) is 89.4 Å². The van der Waals surface area contributed by atoms with Crippen LogP contribution in [0.3, 0.4) is 0 Å². The molecule has 2 heterocycles. The largest absolute Gasteiger partial charge is 0.490 e. The third-order valence-corrected chi connectivity index (χ3v) is 12.2. The number of hydrogen-bond acceptors (Lipinski definition) is 10. The SMILES string of the molecule is Cc1noc(C)c1S(=O)(=O)Nc1ccc2c(c1)C(=O)N([C@@H](C)CO)C[C@@H](C)[C@@H](CN(C)S(=O)(=O)c1ccc(Cl)cc1)OCCCC[C@@H](C)O2. The number of rotatable bonds is 9. The van der Waals surface area contributed by atoms with Crippen LogP contribution < -0.4 is 9.46 Å². The quantitative estimate of drug-likeness (QED) is 0.309. The van der Waals surface area contributed by atoms with E-state index in [1.165, 1.54) is 66.5 Å². The smallest absolute Gasteiger partial charge is 0.267 e. The Morgan fingerprint density at radius 3 is 2.43 bits per heavy atom. The summed E-state index contributed by atoms with van der Waals surface area (Å²) in [7, 11) is -6.53. The van der Waals surface area contributed by atoms with Crippen LogP contribution in [0.4, 0.5) is 5.69 Å². The van der Waals surface area contributed by atoms with Crippen LogP contribution in [0.1, 0.15) is 61.8 Å². The summed E-state index contributed by atoms with van der Waals surface area (Å²) in [6, 6.07) is 9.73. The molecule has 0 aliphatic carbocycles. The van der Waals surface area contributed by atoms with Gasteiger partial charge >= 0.3 is 0 Å². The number of carbonyl (C=O) groups is 1. The van der Waals surface area contributed by atoms with E-state index in [1.54, 1.807) is 13.0 Å². The minimum Gasteiger partial charge on any atom is -0.490 e. The molecular formula is C33H45ClN4O9S2. The van der Waals surface area contributed by atoms with Gasteiger partial charge in [0.1, 0.15) is 11.4 Å². The maximum atomic E-state index is 14.4. The topological polar surface area (TPSA) is 169 Å². The molecule has 0 spiro atoms. The number of aliphatic hydroxyl groups is 1. The number of aliphatic hydroxyl groups excluding tert-OH is 1. The molecule has 0 saturated carbocycles. The number of halogens is 1. The molecule has 0 saturated heterocycles. The highest BCUT2D eigenvalue weighted by Crippen LogP contribution is 2.31. The molecule has 4 atom stereocenters. The fourth-order valence-corrected chi connectivity index (χ4v) is 8.34. The molecule has 49 heavy (non-hydrogen) atoms. The number of nitrogens with one attached hydrogen (secondary N) is 1. The second-order valence-electron chi connectivity index (χ2n) is 12.5. The van der Waals surface area contributed by atoms with E-state index in [4.69, 9.17) is 25.6 Å². The van der Waals surface area contributed by atoms with E-state index in [-0.39, 0.29) is 64.0 Å². The van der Waals surface area contributed by atoms with Crippen LogP contribution in [0.2, 0.25) is 5.02 Å². The number of ether oxygens (including phenoxy) is 2. The number of carbonyl (C=O) groups excluding carboxylic acids is 1. The summed E-state index contributed by atoms with van der Waals surface area (Å²) in [4.78, 5) is 15.9. The number of likely N-dealkylation sites (N-methyl/N-ethyl adjacent to an activating group) is 1. The van der Waals surface area contributed by atoms with Gasteiger partial charge in [0.25, 0.3) is 15.9 Å². The van der Waals surface area contributed by atoms with Crippen LogP contribution in [0.15, 0.2) is 56.8 Å². The number of aryl methyl sites for hydroxylation is 2. The molecular weight excluding hydrogens is 696 g/mol. The molecule has 1 aliphatic rings. The van der Waals surface area contributed by atoms with Crippen molar-refractivity contribution in [1.82, 2.24) is 14.4 Å². The van der Waals surface area contributed by atoms with Crippen LogP contribution in [0.25, 0.3) is 0 Å². The lowest BCUT2D eigenvalue weighted by Gasteiger charge is -2.35. The first kappa shape index (κ1) is 38.6. The Morgan fingerprint density at radius 1 is 1.10 bits per heavy atom. The average Bonchev–Trinajstić information content (AvgIpc) is 3.40. The van der Waals surface area contributed by atoms with E-state index < -0.39 is 44.0 Å². The van der Waals surface area contributed by atoms with Crippen molar-refractivity contribution in [2.24, 2.45) is 5.92 Å². The Kier molecular flexibility index (Phi) is 12.8. The summed E-state index contributed by atoms with van der Waals surface area (Å²) in [6.07, 6.45) is 1.16. The molecule has 4 rings (SSSR count). The van der Waals surface area contributed by atoms with Gasteiger partial charge in [-0.3, -0.25) is 9.52 Å². The van der Waals surface area contributed by atoms with E-state index >= 15 is 0 Å². The summed E-state index contributed by atoms with van der Waals surface area (Å²) in [5.74, 6) is -0.517. The highest BCUT2D eigenvalue weighted by atomic mass is 35.5. The van der Waals surface area contributed by atoms with E-state index in [0.717, 1.165) is 6.42 Å². The number of benzene rings is 2. The zero-order chi connectivity index (χ0) is 36.1. The van der Waals surface area contributed by atoms with E-state index in [9.17, 15) is 26.7 Å². The van der Waals surface area contributed by atoms with Crippen LogP contribution >= 0.6 is 11.6 Å². The van der Waals surface area contributed by atoms with E-state index in [2.05, 4.69) is 9.88 Å². The average molecular weight is 741 g/mol. The van der Waals surface area contributed by atoms with Crippen molar-refractivity contribution in [1.29, 1.82) is 0 Å². The first-order chi connectivity index (χ1) is 23.0. The van der Waals surface area contributed by atoms with Crippen LogP contribution in [-0.2, 0) is 24.8 Å². The van der Waals surface area contributed by atoms with Crippen molar-refractivity contribution in [3.8, 4) is 5.75 Å². The molecule has 0 fully saturated rings.